The topological polar surface area (TPSA) is 111 Å². The van der Waals surface area contributed by atoms with Crippen LogP contribution in [0.5, 0.6) is 0 Å². The van der Waals surface area contributed by atoms with Gasteiger partial charge in [0.05, 0.1) is 15.6 Å². The van der Waals surface area contributed by atoms with Gasteiger partial charge in [0.1, 0.15) is 17.6 Å². The van der Waals surface area contributed by atoms with Crippen LogP contribution in [0.15, 0.2) is 17.0 Å². The number of nitrogen functional groups attached to an aromatic ring is 1. The lowest BCUT2D eigenvalue weighted by Gasteiger charge is -2.13. The van der Waals surface area contributed by atoms with E-state index in [1.54, 1.807) is 0 Å². The summed E-state index contributed by atoms with van der Waals surface area (Å²) in [6, 6.07) is 1.99. The van der Waals surface area contributed by atoms with E-state index in [1.165, 1.54) is 6.07 Å². The minimum absolute atomic E-state index is 0.315. The van der Waals surface area contributed by atoms with Gasteiger partial charge in [-0.1, -0.05) is 23.2 Å². The first-order chi connectivity index (χ1) is 12.6. The Hall–Kier alpha value is -2.21. The molecule has 0 aliphatic carbocycles. The molecule has 0 fully saturated rings. The van der Waals surface area contributed by atoms with Gasteiger partial charge in [0.2, 0.25) is 0 Å². The van der Waals surface area contributed by atoms with E-state index in [1.807, 2.05) is 0 Å². The van der Waals surface area contributed by atoms with Crippen molar-refractivity contribution in [2.75, 3.05) is 5.73 Å². The lowest BCUT2D eigenvalue weighted by Crippen LogP contribution is -2.21. The summed E-state index contributed by atoms with van der Waals surface area (Å²) >= 11 is 11.5. The Labute approximate surface area is 161 Å². The fourth-order valence-corrected chi connectivity index (χ4v) is 3.65. The second-order valence-corrected chi connectivity index (χ2v) is 7.15. The number of nitriles is 1. The Morgan fingerprint density at radius 1 is 1.14 bits per heavy atom. The standard InChI is InChI=1S/C12H4Cl2F6N4O3S/c13-5-1-4(11(15,16)17)2-6(14)8(5)24-10(22)9(7(3-21)23-24)28(25,26)27-12(18,19)20/h1-2H,22H2. The summed E-state index contributed by atoms with van der Waals surface area (Å²) in [6.07, 6.45) is -10.5. The lowest BCUT2D eigenvalue weighted by atomic mass is 10.2. The van der Waals surface area contributed by atoms with Crippen LogP contribution >= 0.6 is 23.2 Å². The van der Waals surface area contributed by atoms with Crippen molar-refractivity contribution in [2.45, 2.75) is 17.4 Å². The van der Waals surface area contributed by atoms with Crippen molar-refractivity contribution in [2.24, 2.45) is 0 Å². The minimum atomic E-state index is -5.66. The van der Waals surface area contributed by atoms with Crippen molar-refractivity contribution in [3.8, 4) is 11.8 Å². The predicted octanol–water partition coefficient (Wildman–Crippen LogP) is 3.88. The van der Waals surface area contributed by atoms with Crippen LogP contribution in [0.25, 0.3) is 5.69 Å². The molecule has 1 aromatic heterocycles. The van der Waals surface area contributed by atoms with E-state index in [-0.39, 0.29) is 0 Å². The number of aromatic nitrogens is 2. The molecule has 16 heteroatoms. The first-order valence-electron chi connectivity index (χ1n) is 6.46. The molecule has 7 nitrogen and oxygen atoms in total. The summed E-state index contributed by atoms with van der Waals surface area (Å²) in [5, 5.41) is 10.9. The minimum Gasteiger partial charge on any atom is -0.382 e. The van der Waals surface area contributed by atoms with Gasteiger partial charge in [0.15, 0.2) is 10.6 Å². The molecule has 28 heavy (non-hydrogen) atoms. The van der Waals surface area contributed by atoms with Crippen molar-refractivity contribution >= 4 is 39.1 Å². The van der Waals surface area contributed by atoms with Crippen LogP contribution in [-0.4, -0.2) is 24.6 Å². The molecule has 2 N–H and O–H groups in total. The van der Waals surface area contributed by atoms with Crippen molar-refractivity contribution in [1.82, 2.24) is 9.78 Å². The lowest BCUT2D eigenvalue weighted by molar-refractivity contribution is -0.271. The first-order valence-corrected chi connectivity index (χ1v) is 8.62. The molecule has 0 saturated heterocycles. The third-order valence-corrected chi connectivity index (χ3v) is 4.88. The number of rotatable bonds is 3. The van der Waals surface area contributed by atoms with E-state index < -0.39 is 60.4 Å². The van der Waals surface area contributed by atoms with E-state index in [9.17, 15) is 34.8 Å². The predicted molar refractivity (Wildman–Crippen MR) is 82.0 cm³/mol. The van der Waals surface area contributed by atoms with Crippen molar-refractivity contribution < 1.29 is 38.9 Å². The third-order valence-electron chi connectivity index (χ3n) is 2.99. The molecule has 0 unspecified atom stereocenters. The van der Waals surface area contributed by atoms with Crippen LogP contribution in [0.3, 0.4) is 0 Å². The van der Waals surface area contributed by atoms with E-state index in [2.05, 4.69) is 9.28 Å². The fraction of sp³-hybridized carbons (Fsp3) is 0.167. The van der Waals surface area contributed by atoms with Gasteiger partial charge in [0.25, 0.3) is 0 Å². The van der Waals surface area contributed by atoms with Crippen LogP contribution in [0, 0.1) is 11.3 Å². The van der Waals surface area contributed by atoms with Crippen LogP contribution in [0.1, 0.15) is 11.3 Å². The summed E-state index contributed by atoms with van der Waals surface area (Å²) in [5.74, 6) is -1.09. The third kappa shape index (κ3) is 4.27. The van der Waals surface area contributed by atoms with Gasteiger partial charge >= 0.3 is 22.7 Å². The zero-order valence-electron chi connectivity index (χ0n) is 12.7. The molecule has 1 aromatic carbocycles. The summed E-state index contributed by atoms with van der Waals surface area (Å²) in [5.41, 5.74) is 2.46. The fourth-order valence-electron chi connectivity index (χ4n) is 2.00. The number of nitrogens with zero attached hydrogens (tertiary/aromatic N) is 3. The summed E-state index contributed by atoms with van der Waals surface area (Å²) < 4.78 is 102. The van der Waals surface area contributed by atoms with Crippen molar-refractivity contribution in [3.63, 3.8) is 0 Å². The Morgan fingerprint density at radius 3 is 2.04 bits per heavy atom. The van der Waals surface area contributed by atoms with Crippen LogP contribution in [0.2, 0.25) is 10.0 Å². The first kappa shape index (κ1) is 22.1. The number of halogens is 8. The maximum Gasteiger partial charge on any atom is 0.537 e. The molecule has 0 spiro atoms. The molecular formula is C12H4Cl2F6N4O3S. The maximum absolute atomic E-state index is 12.8. The SMILES string of the molecule is N#Cc1nn(-c2c(Cl)cc(C(F)(F)F)cc2Cl)c(N)c1S(=O)(=O)OC(F)(F)F. The highest BCUT2D eigenvalue weighted by Crippen LogP contribution is 2.39. The molecule has 152 valence electrons. The van der Waals surface area contributed by atoms with Gasteiger partial charge in [-0.15, -0.1) is 13.2 Å². The van der Waals surface area contributed by atoms with Crippen molar-refractivity contribution in [3.05, 3.63) is 33.4 Å². The highest BCUT2D eigenvalue weighted by Gasteiger charge is 2.42. The van der Waals surface area contributed by atoms with Crippen LogP contribution in [-0.2, 0) is 20.5 Å². The molecule has 0 amide bonds. The highest BCUT2D eigenvalue weighted by atomic mass is 35.5. The zero-order valence-corrected chi connectivity index (χ0v) is 15.1. The van der Waals surface area contributed by atoms with Gasteiger partial charge in [-0.2, -0.15) is 36.1 Å². The number of hydrogen-bond donors (Lipinski definition) is 1. The number of anilines is 1. The van der Waals surface area contributed by atoms with Crippen LogP contribution < -0.4 is 5.73 Å². The summed E-state index contributed by atoms with van der Waals surface area (Å²) in [6.45, 7) is 0. The largest absolute Gasteiger partial charge is 0.537 e. The highest BCUT2D eigenvalue weighted by molar-refractivity contribution is 7.87. The van der Waals surface area contributed by atoms with Gasteiger partial charge < -0.3 is 5.73 Å². The zero-order chi connectivity index (χ0) is 21.7. The van der Waals surface area contributed by atoms with Gasteiger partial charge in [-0.25, -0.2) is 4.68 Å². The van der Waals surface area contributed by atoms with Gasteiger partial charge in [-0.3, -0.25) is 0 Å². The summed E-state index contributed by atoms with van der Waals surface area (Å²) in [7, 11) is -5.66. The maximum atomic E-state index is 12.8. The molecule has 0 bridgehead atoms. The molecule has 0 saturated carbocycles. The molecule has 0 radical (unpaired) electrons. The molecule has 2 rings (SSSR count). The Bertz CT molecular complexity index is 1070. The number of hydrogen-bond acceptors (Lipinski definition) is 6. The normalized spacial score (nSPS) is 12.8. The quantitative estimate of drug-likeness (QED) is 0.540. The van der Waals surface area contributed by atoms with E-state index >= 15 is 0 Å². The molecule has 0 atom stereocenters. The average Bonchev–Trinajstić information content (AvgIpc) is 2.80. The second kappa shape index (κ2) is 6.99. The number of alkyl halides is 6. The Kier molecular flexibility index (Phi) is 5.52. The number of nitrogens with two attached hydrogens (primary N) is 1. The monoisotopic (exact) mass is 468 g/mol. The molecule has 2 aromatic rings. The molecular weight excluding hydrogens is 465 g/mol. The van der Waals surface area contributed by atoms with E-state index in [4.69, 9.17) is 34.2 Å². The Balaban J connectivity index is 2.75. The molecule has 0 aliphatic heterocycles. The Morgan fingerprint density at radius 2 is 1.64 bits per heavy atom. The van der Waals surface area contributed by atoms with E-state index in [0.717, 1.165) is 0 Å². The van der Waals surface area contributed by atoms with Gasteiger partial charge in [0, 0.05) is 0 Å². The molecule has 0 aliphatic rings. The molecule has 1 heterocycles. The number of benzene rings is 1. The smallest absolute Gasteiger partial charge is 0.382 e. The van der Waals surface area contributed by atoms with Crippen LogP contribution in [0.4, 0.5) is 32.2 Å². The average molecular weight is 469 g/mol. The van der Waals surface area contributed by atoms with E-state index in [0.29, 0.717) is 16.8 Å². The van der Waals surface area contributed by atoms with Crippen molar-refractivity contribution in [1.29, 1.82) is 5.26 Å². The second-order valence-electron chi connectivity index (χ2n) is 4.86. The summed E-state index contributed by atoms with van der Waals surface area (Å²) in [4.78, 5) is -1.46. The van der Waals surface area contributed by atoms with Gasteiger partial charge in [-0.05, 0) is 12.1 Å².